The fourth-order valence-corrected chi connectivity index (χ4v) is 1.34. The Kier molecular flexibility index (Phi) is 8.23. The molecule has 0 bridgehead atoms. The van der Waals surface area contributed by atoms with Crippen molar-refractivity contribution in [1.29, 1.82) is 5.26 Å². The van der Waals surface area contributed by atoms with E-state index in [1.165, 1.54) is 0 Å². The van der Waals surface area contributed by atoms with Gasteiger partial charge >= 0.3 is 0 Å². The van der Waals surface area contributed by atoms with E-state index >= 15 is 0 Å². The van der Waals surface area contributed by atoms with Crippen molar-refractivity contribution in [2.45, 2.75) is 53.1 Å². The second-order valence-electron chi connectivity index (χ2n) is 4.79. The number of hydrogen-bond donors (Lipinski definition) is 0. The molecule has 0 N–H and O–H groups in total. The van der Waals surface area contributed by atoms with Gasteiger partial charge in [-0.15, -0.1) is 0 Å². The minimum Gasteiger partial charge on any atom is -0.379 e. The molecule has 0 aliphatic heterocycles. The van der Waals surface area contributed by atoms with E-state index in [0.717, 1.165) is 32.5 Å². The smallest absolute Gasteiger partial charge is 0.0780 e. The van der Waals surface area contributed by atoms with Crippen LogP contribution in [0.15, 0.2) is 0 Å². The van der Waals surface area contributed by atoms with Gasteiger partial charge < -0.3 is 9.47 Å². The second kappa shape index (κ2) is 8.55. The molecule has 0 aliphatic rings. The molecule has 0 aromatic carbocycles. The number of hydrogen-bond acceptors (Lipinski definition) is 3. The van der Waals surface area contributed by atoms with Crippen LogP contribution in [0, 0.1) is 16.7 Å². The van der Waals surface area contributed by atoms with Gasteiger partial charge in [0.15, 0.2) is 0 Å². The van der Waals surface area contributed by atoms with Gasteiger partial charge in [-0.3, -0.25) is 0 Å². The van der Waals surface area contributed by atoms with Crippen molar-refractivity contribution in [3.8, 4) is 6.07 Å². The predicted octanol–water partition coefficient (Wildman–Crippen LogP) is 3.15. The third-order valence-electron chi connectivity index (χ3n) is 2.46. The van der Waals surface area contributed by atoms with Crippen LogP contribution in [0.5, 0.6) is 0 Å². The highest BCUT2D eigenvalue weighted by Crippen LogP contribution is 2.21. The topological polar surface area (TPSA) is 42.2 Å². The first kappa shape index (κ1) is 15.4. The molecule has 0 rings (SSSR count). The summed E-state index contributed by atoms with van der Waals surface area (Å²) in [6.07, 6.45) is 3.17. The maximum Gasteiger partial charge on any atom is 0.0780 e. The lowest BCUT2D eigenvalue weighted by molar-refractivity contribution is -0.00487. The lowest BCUT2D eigenvalue weighted by Crippen LogP contribution is -2.17. The van der Waals surface area contributed by atoms with Gasteiger partial charge in [-0.05, 0) is 47.0 Å². The zero-order valence-corrected chi connectivity index (χ0v) is 11.1. The first-order chi connectivity index (χ1) is 7.52. The third-order valence-corrected chi connectivity index (χ3v) is 2.46. The molecule has 0 heterocycles. The van der Waals surface area contributed by atoms with Crippen molar-refractivity contribution >= 4 is 0 Å². The van der Waals surface area contributed by atoms with E-state index in [1.807, 2.05) is 27.7 Å². The summed E-state index contributed by atoms with van der Waals surface area (Å²) in [6, 6.07) is 2.31. The van der Waals surface area contributed by atoms with E-state index in [4.69, 9.17) is 14.7 Å². The molecule has 94 valence electrons. The Bertz CT molecular complexity index is 208. The summed E-state index contributed by atoms with van der Waals surface area (Å²) in [7, 11) is 0. The van der Waals surface area contributed by atoms with Crippen LogP contribution in [-0.4, -0.2) is 25.9 Å². The average Bonchev–Trinajstić information content (AvgIpc) is 2.25. The van der Waals surface area contributed by atoms with Crippen LogP contribution in [0.1, 0.15) is 47.0 Å². The Morgan fingerprint density at radius 2 is 2.00 bits per heavy atom. The van der Waals surface area contributed by atoms with Crippen molar-refractivity contribution in [2.24, 2.45) is 5.41 Å². The number of nitriles is 1. The van der Waals surface area contributed by atoms with Gasteiger partial charge in [-0.25, -0.2) is 0 Å². The first-order valence-corrected chi connectivity index (χ1v) is 6.12. The highest BCUT2D eigenvalue weighted by atomic mass is 16.5. The summed E-state index contributed by atoms with van der Waals surface area (Å²) < 4.78 is 10.8. The van der Waals surface area contributed by atoms with Crippen LogP contribution in [0.3, 0.4) is 0 Å². The van der Waals surface area contributed by atoms with Gasteiger partial charge in [-0.2, -0.15) is 5.26 Å². The van der Waals surface area contributed by atoms with Crippen LogP contribution >= 0.6 is 0 Å². The van der Waals surface area contributed by atoms with Gasteiger partial charge in [-0.1, -0.05) is 0 Å². The molecule has 0 fully saturated rings. The summed E-state index contributed by atoms with van der Waals surface area (Å²) in [4.78, 5) is 0. The molecule has 0 saturated carbocycles. The van der Waals surface area contributed by atoms with Crippen LogP contribution in [-0.2, 0) is 9.47 Å². The van der Waals surface area contributed by atoms with E-state index in [-0.39, 0.29) is 11.5 Å². The van der Waals surface area contributed by atoms with Crippen LogP contribution in [0.2, 0.25) is 0 Å². The Morgan fingerprint density at radius 1 is 1.31 bits per heavy atom. The molecule has 0 radical (unpaired) electrons. The van der Waals surface area contributed by atoms with Gasteiger partial charge in [0.1, 0.15) is 0 Å². The van der Waals surface area contributed by atoms with Gasteiger partial charge in [0.05, 0.1) is 24.2 Å². The van der Waals surface area contributed by atoms with E-state index in [2.05, 4.69) is 6.07 Å². The monoisotopic (exact) mass is 227 g/mol. The molecule has 3 heteroatoms. The summed E-state index contributed by atoms with van der Waals surface area (Å²) in [5.41, 5.74) is -0.197. The first-order valence-electron chi connectivity index (χ1n) is 6.12. The van der Waals surface area contributed by atoms with Crippen LogP contribution < -0.4 is 0 Å². The summed E-state index contributed by atoms with van der Waals surface area (Å²) in [5.74, 6) is 0. The molecule has 0 aromatic heterocycles. The molecule has 3 nitrogen and oxygen atoms in total. The molecule has 0 saturated heterocycles. The molecule has 16 heavy (non-hydrogen) atoms. The van der Waals surface area contributed by atoms with Crippen molar-refractivity contribution < 1.29 is 9.47 Å². The molecule has 1 atom stereocenters. The molecule has 0 aliphatic carbocycles. The molecular formula is C13H25NO2. The van der Waals surface area contributed by atoms with Crippen molar-refractivity contribution in [3.05, 3.63) is 0 Å². The second-order valence-corrected chi connectivity index (χ2v) is 4.79. The van der Waals surface area contributed by atoms with Gasteiger partial charge in [0.25, 0.3) is 0 Å². The zero-order valence-electron chi connectivity index (χ0n) is 11.1. The maximum atomic E-state index is 8.84. The molecular weight excluding hydrogens is 202 g/mol. The van der Waals surface area contributed by atoms with Crippen molar-refractivity contribution in [2.75, 3.05) is 19.8 Å². The average molecular weight is 227 g/mol. The third kappa shape index (κ3) is 8.70. The van der Waals surface area contributed by atoms with Gasteiger partial charge in [0.2, 0.25) is 0 Å². The summed E-state index contributed by atoms with van der Waals surface area (Å²) in [5, 5.41) is 8.84. The highest BCUT2D eigenvalue weighted by Gasteiger charge is 2.15. The Labute approximate surface area is 99.7 Å². The Morgan fingerprint density at radius 3 is 2.56 bits per heavy atom. The maximum absolute atomic E-state index is 8.84. The van der Waals surface area contributed by atoms with Crippen LogP contribution in [0.4, 0.5) is 0 Å². The van der Waals surface area contributed by atoms with Gasteiger partial charge in [0, 0.05) is 13.2 Å². The number of unbranched alkanes of at least 4 members (excludes halogenated alkanes) is 1. The largest absolute Gasteiger partial charge is 0.379 e. The van der Waals surface area contributed by atoms with E-state index < -0.39 is 0 Å². The van der Waals surface area contributed by atoms with Crippen molar-refractivity contribution in [3.63, 3.8) is 0 Å². The SMILES string of the molecule is CCOCC(C)OCCCCC(C)(C)C#N. The lowest BCUT2D eigenvalue weighted by atomic mass is 9.89. The predicted molar refractivity (Wildman–Crippen MR) is 65.2 cm³/mol. The van der Waals surface area contributed by atoms with E-state index in [0.29, 0.717) is 6.61 Å². The number of ether oxygens (including phenoxy) is 2. The highest BCUT2D eigenvalue weighted by molar-refractivity contribution is 4.91. The van der Waals surface area contributed by atoms with Crippen molar-refractivity contribution in [1.82, 2.24) is 0 Å². The molecule has 0 aromatic rings. The minimum atomic E-state index is -0.197. The fourth-order valence-electron chi connectivity index (χ4n) is 1.34. The molecule has 1 unspecified atom stereocenters. The Balaban J connectivity index is 3.37. The summed E-state index contributed by atoms with van der Waals surface area (Å²) in [6.45, 7) is 10.1. The quantitative estimate of drug-likeness (QED) is 0.568. The van der Waals surface area contributed by atoms with E-state index in [9.17, 15) is 0 Å². The minimum absolute atomic E-state index is 0.170. The lowest BCUT2D eigenvalue weighted by Gasteiger charge is -2.15. The van der Waals surface area contributed by atoms with E-state index in [1.54, 1.807) is 0 Å². The number of rotatable bonds is 9. The zero-order chi connectivity index (χ0) is 12.4. The molecule has 0 amide bonds. The molecule has 0 spiro atoms. The van der Waals surface area contributed by atoms with Crippen LogP contribution in [0.25, 0.3) is 0 Å². The normalized spacial score (nSPS) is 13.4. The summed E-state index contributed by atoms with van der Waals surface area (Å²) >= 11 is 0. The standard InChI is InChI=1S/C13H25NO2/c1-5-15-10-12(2)16-9-7-6-8-13(3,4)11-14/h12H,5-10H2,1-4H3. The number of nitrogens with zero attached hydrogens (tertiary/aromatic N) is 1. The Hall–Kier alpha value is -0.590. The fraction of sp³-hybridized carbons (Fsp3) is 0.923.